The Bertz CT molecular complexity index is 3160. The highest BCUT2D eigenvalue weighted by Crippen LogP contribution is 2.39. The number of fused-ring (bicyclic) bond motifs is 8. The second-order valence-electron chi connectivity index (χ2n) is 14.4. The van der Waals surface area contributed by atoms with Crippen molar-refractivity contribution in [3.05, 3.63) is 182 Å². The van der Waals surface area contributed by atoms with Gasteiger partial charge in [0.15, 0.2) is 0 Å². The van der Waals surface area contributed by atoms with Crippen molar-refractivity contribution in [2.45, 2.75) is 26.7 Å². The zero-order valence-electron chi connectivity index (χ0n) is 31.5. The summed E-state index contributed by atoms with van der Waals surface area (Å²) in [6.45, 7) is 4.38. The maximum Gasteiger partial charge on any atom is 0.0802 e. The van der Waals surface area contributed by atoms with Gasteiger partial charge in [0, 0.05) is 55.6 Å². The molecule has 4 heteroatoms. The standard InChI is InChI=1S/C52H40N4/c1-3-5-19-40(14-4-2)55-49-30-26-36-18-13-31-53-52(36)51(49)43-28-25-39(34-50(43)55)46-23-12-22-45(54-46)38-27-29-48-44(33-38)42-21-9-10-24-47(42)56(48)41-20-11-17-37(32-41)35-15-7-6-8-16-35/h5-34H,3-4H2,1-2H3/b19-5-,40-14+. The van der Waals surface area contributed by atoms with Gasteiger partial charge >= 0.3 is 0 Å². The summed E-state index contributed by atoms with van der Waals surface area (Å²) in [5, 5.41) is 5.93. The first-order chi connectivity index (χ1) is 27.7. The molecule has 10 aromatic rings. The van der Waals surface area contributed by atoms with Crippen LogP contribution in [0.4, 0.5) is 0 Å². The molecule has 6 aromatic carbocycles. The van der Waals surface area contributed by atoms with Gasteiger partial charge in [-0.05, 0) is 90.7 Å². The van der Waals surface area contributed by atoms with E-state index in [1.807, 2.05) is 12.3 Å². The van der Waals surface area contributed by atoms with E-state index in [1.165, 1.54) is 49.4 Å². The van der Waals surface area contributed by atoms with E-state index < -0.39 is 0 Å². The van der Waals surface area contributed by atoms with Crippen LogP contribution in [0.25, 0.3) is 99.5 Å². The van der Waals surface area contributed by atoms with Crippen LogP contribution in [0, 0.1) is 0 Å². The normalized spacial score (nSPS) is 12.3. The van der Waals surface area contributed by atoms with Crippen LogP contribution in [-0.2, 0) is 0 Å². The average Bonchev–Trinajstić information content (AvgIpc) is 3.78. The van der Waals surface area contributed by atoms with Crippen LogP contribution in [0.15, 0.2) is 182 Å². The summed E-state index contributed by atoms with van der Waals surface area (Å²) < 4.78 is 4.79. The number of aromatic nitrogens is 4. The van der Waals surface area contributed by atoms with E-state index in [0.717, 1.165) is 63.0 Å². The summed E-state index contributed by atoms with van der Waals surface area (Å²) in [4.78, 5) is 10.2. The number of nitrogens with zero attached hydrogens (tertiary/aromatic N) is 4. The Morgan fingerprint density at radius 2 is 1.29 bits per heavy atom. The van der Waals surface area contributed by atoms with Gasteiger partial charge in [-0.2, -0.15) is 0 Å². The molecule has 0 atom stereocenters. The molecular formula is C52H40N4. The van der Waals surface area contributed by atoms with Crippen molar-refractivity contribution in [1.29, 1.82) is 0 Å². The van der Waals surface area contributed by atoms with Gasteiger partial charge < -0.3 is 9.13 Å². The number of hydrogen-bond donors (Lipinski definition) is 0. The summed E-state index contributed by atoms with van der Waals surface area (Å²) in [5.74, 6) is 0. The van der Waals surface area contributed by atoms with Crippen LogP contribution in [0.1, 0.15) is 26.7 Å². The Morgan fingerprint density at radius 3 is 2.14 bits per heavy atom. The minimum absolute atomic E-state index is 0.933. The van der Waals surface area contributed by atoms with E-state index in [0.29, 0.717) is 0 Å². The predicted molar refractivity (Wildman–Crippen MR) is 237 cm³/mol. The van der Waals surface area contributed by atoms with Gasteiger partial charge in [0.05, 0.1) is 39.0 Å². The Balaban J connectivity index is 1.11. The van der Waals surface area contributed by atoms with Gasteiger partial charge in [-0.25, -0.2) is 4.98 Å². The van der Waals surface area contributed by atoms with Crippen molar-refractivity contribution < 1.29 is 0 Å². The zero-order valence-corrected chi connectivity index (χ0v) is 31.5. The second kappa shape index (κ2) is 14.0. The van der Waals surface area contributed by atoms with Crippen LogP contribution in [0.3, 0.4) is 0 Å². The lowest BCUT2D eigenvalue weighted by atomic mass is 10.0. The minimum atomic E-state index is 0.933. The fraction of sp³-hybridized carbons (Fsp3) is 0.0769. The van der Waals surface area contributed by atoms with Crippen LogP contribution >= 0.6 is 0 Å². The monoisotopic (exact) mass is 720 g/mol. The molecule has 0 aliphatic heterocycles. The van der Waals surface area contributed by atoms with Gasteiger partial charge in [0.25, 0.3) is 0 Å². The molecule has 0 fully saturated rings. The summed E-state index contributed by atoms with van der Waals surface area (Å²) >= 11 is 0. The Hall–Kier alpha value is -7.04. The van der Waals surface area contributed by atoms with Gasteiger partial charge in [0.2, 0.25) is 0 Å². The molecule has 56 heavy (non-hydrogen) atoms. The van der Waals surface area contributed by atoms with Crippen molar-refractivity contribution in [2.24, 2.45) is 0 Å². The first-order valence-electron chi connectivity index (χ1n) is 19.6. The number of para-hydroxylation sites is 1. The quantitative estimate of drug-likeness (QED) is 0.147. The van der Waals surface area contributed by atoms with Crippen molar-refractivity contribution in [1.82, 2.24) is 19.1 Å². The SMILES string of the molecule is CC/C=C\C(=C/CC)n1c2cc(-c3cccc(-c4ccc5c(c4)c4ccccc4n5-c4cccc(-c5ccccc5)c4)n3)ccc2c2c3ncccc3ccc21. The molecule has 0 saturated heterocycles. The lowest BCUT2D eigenvalue weighted by molar-refractivity contribution is 1.15. The fourth-order valence-electron chi connectivity index (χ4n) is 8.39. The second-order valence-corrected chi connectivity index (χ2v) is 14.4. The van der Waals surface area contributed by atoms with Crippen LogP contribution in [0.2, 0.25) is 0 Å². The van der Waals surface area contributed by atoms with Gasteiger partial charge in [-0.1, -0.05) is 123 Å². The highest BCUT2D eigenvalue weighted by molar-refractivity contribution is 6.21. The fourth-order valence-corrected chi connectivity index (χ4v) is 8.39. The van der Waals surface area contributed by atoms with Crippen LogP contribution < -0.4 is 0 Å². The summed E-state index contributed by atoms with van der Waals surface area (Å²) in [7, 11) is 0. The molecule has 0 aliphatic carbocycles. The zero-order chi connectivity index (χ0) is 37.6. The molecular weight excluding hydrogens is 681 g/mol. The number of rotatable bonds is 8. The van der Waals surface area contributed by atoms with E-state index >= 15 is 0 Å². The van der Waals surface area contributed by atoms with E-state index in [1.54, 1.807) is 0 Å². The number of benzene rings is 6. The average molecular weight is 721 g/mol. The molecule has 0 amide bonds. The molecule has 0 aliphatic rings. The molecule has 4 heterocycles. The van der Waals surface area contributed by atoms with Crippen molar-refractivity contribution in [3.63, 3.8) is 0 Å². The number of pyridine rings is 2. The molecule has 0 N–H and O–H groups in total. The largest absolute Gasteiger partial charge is 0.309 e. The van der Waals surface area contributed by atoms with Gasteiger partial charge in [-0.15, -0.1) is 0 Å². The molecule has 10 rings (SSSR count). The summed E-state index contributed by atoms with van der Waals surface area (Å²) in [5.41, 5.74) is 14.5. The topological polar surface area (TPSA) is 35.6 Å². The highest BCUT2D eigenvalue weighted by atomic mass is 15.0. The molecule has 268 valence electrons. The van der Waals surface area contributed by atoms with Crippen molar-refractivity contribution >= 4 is 60.2 Å². The summed E-state index contributed by atoms with van der Waals surface area (Å²) in [6, 6.07) is 56.6. The Labute approximate surface area is 326 Å². The maximum absolute atomic E-state index is 5.32. The van der Waals surface area contributed by atoms with Gasteiger partial charge in [-0.3, -0.25) is 4.98 Å². The third-order valence-corrected chi connectivity index (χ3v) is 10.9. The maximum atomic E-state index is 5.32. The lowest BCUT2D eigenvalue weighted by Crippen LogP contribution is -1.96. The lowest BCUT2D eigenvalue weighted by Gasteiger charge is -2.11. The van der Waals surface area contributed by atoms with Crippen LogP contribution in [0.5, 0.6) is 0 Å². The Kier molecular flexibility index (Phi) is 8.37. The molecule has 4 aromatic heterocycles. The third kappa shape index (κ3) is 5.61. The first-order valence-corrected chi connectivity index (χ1v) is 19.6. The molecule has 0 bridgehead atoms. The number of hydrogen-bond acceptors (Lipinski definition) is 2. The van der Waals surface area contributed by atoms with E-state index in [9.17, 15) is 0 Å². The smallest absolute Gasteiger partial charge is 0.0802 e. The van der Waals surface area contributed by atoms with E-state index in [2.05, 4.69) is 193 Å². The first kappa shape index (κ1) is 33.5. The number of allylic oxidation sites excluding steroid dienone is 4. The molecule has 0 unspecified atom stereocenters. The third-order valence-electron chi connectivity index (χ3n) is 10.9. The molecule has 0 spiro atoms. The van der Waals surface area contributed by atoms with Crippen molar-refractivity contribution in [3.8, 4) is 39.3 Å². The van der Waals surface area contributed by atoms with Gasteiger partial charge in [0.1, 0.15) is 0 Å². The van der Waals surface area contributed by atoms with E-state index in [4.69, 9.17) is 9.97 Å². The Morgan fingerprint density at radius 1 is 0.536 bits per heavy atom. The van der Waals surface area contributed by atoms with Crippen LogP contribution in [-0.4, -0.2) is 19.1 Å². The highest BCUT2D eigenvalue weighted by Gasteiger charge is 2.18. The molecule has 0 saturated carbocycles. The van der Waals surface area contributed by atoms with Crippen molar-refractivity contribution in [2.75, 3.05) is 0 Å². The van der Waals surface area contributed by atoms with E-state index in [-0.39, 0.29) is 0 Å². The summed E-state index contributed by atoms with van der Waals surface area (Å²) in [6.07, 6.45) is 10.6. The molecule has 0 radical (unpaired) electrons. The minimum Gasteiger partial charge on any atom is -0.309 e. The predicted octanol–water partition coefficient (Wildman–Crippen LogP) is 14.1. The molecule has 4 nitrogen and oxygen atoms in total.